The number of anilines is 1. The third-order valence-corrected chi connectivity index (χ3v) is 5.97. The zero-order valence-electron chi connectivity index (χ0n) is 20.3. The Bertz CT molecular complexity index is 1040. The minimum absolute atomic E-state index is 0.0987. The molecule has 2 atom stereocenters. The van der Waals surface area contributed by atoms with Crippen molar-refractivity contribution < 1.29 is 22.4 Å². The molecule has 1 aliphatic rings. The maximum Gasteiger partial charge on any atom is 0.407 e. The van der Waals surface area contributed by atoms with Crippen LogP contribution in [0.1, 0.15) is 31.9 Å². The van der Waals surface area contributed by atoms with Gasteiger partial charge in [0.1, 0.15) is 18.3 Å². The summed E-state index contributed by atoms with van der Waals surface area (Å²) in [7, 11) is 0. The Balaban J connectivity index is 1.79. The number of alkyl halides is 4. The minimum atomic E-state index is -4.74. The van der Waals surface area contributed by atoms with Gasteiger partial charge in [0.05, 0.1) is 12.1 Å². The van der Waals surface area contributed by atoms with E-state index in [-0.39, 0.29) is 12.1 Å². The molecule has 194 valence electrons. The Hall–Kier alpha value is -3.16. The number of hydrogen-bond donors (Lipinski definition) is 3. The lowest BCUT2D eigenvalue weighted by atomic mass is 9.96. The molecule has 0 radical (unpaired) electrons. The molecule has 0 saturated carbocycles. The van der Waals surface area contributed by atoms with Crippen molar-refractivity contribution in [3.63, 3.8) is 0 Å². The van der Waals surface area contributed by atoms with Gasteiger partial charge in [-0.2, -0.15) is 18.4 Å². The Morgan fingerprint density at radius 2 is 1.58 bits per heavy atom. The number of benzene rings is 2. The van der Waals surface area contributed by atoms with Crippen LogP contribution in [0.25, 0.3) is 11.1 Å². The van der Waals surface area contributed by atoms with Crippen molar-refractivity contribution in [2.75, 3.05) is 37.6 Å². The van der Waals surface area contributed by atoms with Gasteiger partial charge >= 0.3 is 6.18 Å². The van der Waals surface area contributed by atoms with Crippen LogP contribution in [0.4, 0.5) is 23.2 Å². The number of carbonyl (C=O) groups excluding carboxylic acids is 1. The molecule has 1 amide bonds. The van der Waals surface area contributed by atoms with Gasteiger partial charge in [-0.3, -0.25) is 10.1 Å². The number of amides is 1. The fraction of sp³-hybridized carbons (Fsp3) is 0.462. The molecule has 6 nitrogen and oxygen atoms in total. The Labute approximate surface area is 208 Å². The topological polar surface area (TPSA) is 80.2 Å². The average molecular weight is 506 g/mol. The second kappa shape index (κ2) is 11.7. The molecule has 0 aromatic heterocycles. The van der Waals surface area contributed by atoms with E-state index in [2.05, 4.69) is 20.9 Å². The van der Waals surface area contributed by atoms with E-state index in [0.29, 0.717) is 0 Å². The zero-order valence-corrected chi connectivity index (χ0v) is 20.3. The molecule has 1 heterocycles. The highest BCUT2D eigenvalue weighted by Crippen LogP contribution is 2.35. The lowest BCUT2D eigenvalue weighted by Gasteiger charge is -2.30. The first-order valence-electron chi connectivity index (χ1n) is 11.8. The molecule has 2 aromatic rings. The predicted molar refractivity (Wildman–Crippen MR) is 131 cm³/mol. The molecule has 0 aliphatic carbocycles. The fourth-order valence-corrected chi connectivity index (χ4v) is 4.20. The van der Waals surface area contributed by atoms with Crippen molar-refractivity contribution in [1.82, 2.24) is 16.0 Å². The minimum Gasteiger partial charge on any atom is -0.369 e. The summed E-state index contributed by atoms with van der Waals surface area (Å²) in [5.41, 5.74) is 0.705. The zero-order chi connectivity index (χ0) is 26.3. The van der Waals surface area contributed by atoms with Gasteiger partial charge in [0.15, 0.2) is 0 Å². The van der Waals surface area contributed by atoms with E-state index < -0.39 is 36.3 Å². The van der Waals surface area contributed by atoms with Gasteiger partial charge in [-0.1, -0.05) is 36.4 Å². The highest BCUT2D eigenvalue weighted by Gasteiger charge is 2.43. The fourth-order valence-electron chi connectivity index (χ4n) is 4.20. The third kappa shape index (κ3) is 7.67. The lowest BCUT2D eigenvalue weighted by Crippen LogP contribution is -2.51. The molecule has 1 fully saturated rings. The molecule has 0 unspecified atom stereocenters. The number of halogens is 4. The van der Waals surface area contributed by atoms with Crippen LogP contribution >= 0.6 is 0 Å². The molecule has 36 heavy (non-hydrogen) atoms. The maximum atomic E-state index is 14.3. The first-order chi connectivity index (χ1) is 17.0. The highest BCUT2D eigenvalue weighted by atomic mass is 19.4. The van der Waals surface area contributed by atoms with E-state index in [1.54, 1.807) is 18.2 Å². The van der Waals surface area contributed by atoms with Crippen LogP contribution in [0.15, 0.2) is 48.5 Å². The summed E-state index contributed by atoms with van der Waals surface area (Å²) in [5.74, 6) is -0.863. The quantitative estimate of drug-likeness (QED) is 0.353. The summed E-state index contributed by atoms with van der Waals surface area (Å²) >= 11 is 0. The van der Waals surface area contributed by atoms with Crippen molar-refractivity contribution in [2.45, 2.75) is 44.2 Å². The SMILES string of the molecule is CC(C)(F)C[C@H](N[C@@H](c1ccc(-c2ccc(N3CCNCC3)cc2)cc1)C(F)(F)F)C(=O)NCC#N. The molecule has 1 aliphatic heterocycles. The molecule has 3 rings (SSSR count). The summed E-state index contributed by atoms with van der Waals surface area (Å²) in [6.07, 6.45) is -5.23. The Morgan fingerprint density at radius 3 is 2.08 bits per heavy atom. The molecule has 0 bridgehead atoms. The summed E-state index contributed by atoms with van der Waals surface area (Å²) in [5, 5.41) is 16.5. The first kappa shape index (κ1) is 27.4. The highest BCUT2D eigenvalue weighted by molar-refractivity contribution is 5.82. The van der Waals surface area contributed by atoms with Gasteiger partial charge in [-0.25, -0.2) is 4.39 Å². The molecular formula is C26H31F4N5O. The third-order valence-electron chi connectivity index (χ3n) is 5.97. The van der Waals surface area contributed by atoms with Gasteiger partial charge in [-0.15, -0.1) is 0 Å². The van der Waals surface area contributed by atoms with E-state index in [1.165, 1.54) is 26.0 Å². The molecular weight excluding hydrogens is 474 g/mol. The smallest absolute Gasteiger partial charge is 0.369 e. The standard InChI is InChI=1S/C26H31F4N5O/c1-25(2,27)17-22(24(36)33-12-11-31)34-23(26(28,29)30)20-5-3-18(4-6-20)19-7-9-21(10-8-19)35-15-13-32-14-16-35/h3-10,22-23,32,34H,12-17H2,1-2H3,(H,33,36)/t22-,23-/m0/s1. The van der Waals surface area contributed by atoms with Gasteiger partial charge in [-0.05, 0) is 42.7 Å². The van der Waals surface area contributed by atoms with E-state index in [0.717, 1.165) is 43.0 Å². The van der Waals surface area contributed by atoms with Crippen LogP contribution in [0, 0.1) is 11.3 Å². The number of nitrogens with one attached hydrogen (secondary N) is 3. The normalized spacial score (nSPS) is 16.2. The Morgan fingerprint density at radius 1 is 1.03 bits per heavy atom. The van der Waals surface area contributed by atoms with Crippen LogP contribution in [0.5, 0.6) is 0 Å². The van der Waals surface area contributed by atoms with Crippen LogP contribution in [-0.2, 0) is 4.79 Å². The summed E-state index contributed by atoms with van der Waals surface area (Å²) in [6.45, 7) is 5.64. The predicted octanol–water partition coefficient (Wildman–Crippen LogP) is 4.10. The number of rotatable bonds is 9. The van der Waals surface area contributed by atoms with Gasteiger partial charge in [0, 0.05) is 38.3 Å². The van der Waals surface area contributed by atoms with E-state index in [4.69, 9.17) is 5.26 Å². The second-order valence-corrected chi connectivity index (χ2v) is 9.40. The number of nitrogens with zero attached hydrogens (tertiary/aromatic N) is 2. The van der Waals surface area contributed by atoms with Crippen molar-refractivity contribution in [1.29, 1.82) is 5.26 Å². The number of hydrogen-bond acceptors (Lipinski definition) is 5. The van der Waals surface area contributed by atoms with Gasteiger partial charge in [0.25, 0.3) is 0 Å². The Kier molecular flexibility index (Phi) is 8.93. The van der Waals surface area contributed by atoms with Crippen LogP contribution < -0.4 is 20.9 Å². The first-order valence-corrected chi connectivity index (χ1v) is 11.8. The number of piperazine rings is 1. The number of carbonyl (C=O) groups is 1. The van der Waals surface area contributed by atoms with Crippen LogP contribution in [0.2, 0.25) is 0 Å². The van der Waals surface area contributed by atoms with Crippen LogP contribution in [0.3, 0.4) is 0 Å². The van der Waals surface area contributed by atoms with E-state index in [9.17, 15) is 22.4 Å². The summed E-state index contributed by atoms with van der Waals surface area (Å²) in [4.78, 5) is 14.7. The molecule has 0 spiro atoms. The van der Waals surface area contributed by atoms with Crippen LogP contribution in [-0.4, -0.2) is 56.5 Å². The van der Waals surface area contributed by atoms with Crippen molar-refractivity contribution in [3.05, 3.63) is 54.1 Å². The van der Waals surface area contributed by atoms with E-state index in [1.807, 2.05) is 24.3 Å². The van der Waals surface area contributed by atoms with Gasteiger partial charge < -0.3 is 15.5 Å². The maximum absolute atomic E-state index is 14.3. The second-order valence-electron chi connectivity index (χ2n) is 9.40. The van der Waals surface area contributed by atoms with E-state index >= 15 is 0 Å². The molecule has 1 saturated heterocycles. The monoisotopic (exact) mass is 505 g/mol. The van der Waals surface area contributed by atoms with Crippen molar-refractivity contribution in [2.24, 2.45) is 0 Å². The summed E-state index contributed by atoms with van der Waals surface area (Å²) in [6, 6.07) is 11.8. The van der Waals surface area contributed by atoms with Crippen molar-refractivity contribution in [3.8, 4) is 17.2 Å². The summed E-state index contributed by atoms with van der Waals surface area (Å²) < 4.78 is 56.3. The van der Waals surface area contributed by atoms with Crippen molar-refractivity contribution >= 4 is 11.6 Å². The lowest BCUT2D eigenvalue weighted by molar-refractivity contribution is -0.161. The molecule has 10 heteroatoms. The van der Waals surface area contributed by atoms with Gasteiger partial charge in [0.2, 0.25) is 5.91 Å². The molecule has 2 aromatic carbocycles. The average Bonchev–Trinajstić information content (AvgIpc) is 2.84. The largest absolute Gasteiger partial charge is 0.407 e. The molecule has 3 N–H and O–H groups in total. The number of nitriles is 1.